The summed E-state index contributed by atoms with van der Waals surface area (Å²) in [4.78, 5) is 33.6. The molecular formula is C26H34N6O4. The Labute approximate surface area is 211 Å². The van der Waals surface area contributed by atoms with Gasteiger partial charge in [-0.3, -0.25) is 4.79 Å². The number of amides is 1. The quantitative estimate of drug-likeness (QED) is 0.426. The molecule has 0 radical (unpaired) electrons. The molecule has 2 aliphatic rings. The Morgan fingerprint density at radius 1 is 1.25 bits per heavy atom. The molecule has 0 bridgehead atoms. The lowest BCUT2D eigenvalue weighted by Gasteiger charge is -2.34. The van der Waals surface area contributed by atoms with Crippen LogP contribution in [0.5, 0.6) is 0 Å². The van der Waals surface area contributed by atoms with Gasteiger partial charge in [-0.2, -0.15) is 0 Å². The summed E-state index contributed by atoms with van der Waals surface area (Å²) in [6.45, 7) is 10.3. The summed E-state index contributed by atoms with van der Waals surface area (Å²) in [5.41, 5.74) is 6.39. The summed E-state index contributed by atoms with van der Waals surface area (Å²) in [5, 5.41) is 17.8. The summed E-state index contributed by atoms with van der Waals surface area (Å²) in [6, 6.07) is 8.80. The van der Waals surface area contributed by atoms with E-state index in [1.165, 1.54) is 0 Å². The Bertz CT molecular complexity index is 1170. The molecule has 2 heterocycles. The van der Waals surface area contributed by atoms with Crippen LogP contribution in [0.15, 0.2) is 42.1 Å². The fraction of sp³-hybridized carbons (Fsp3) is 0.462. The zero-order chi connectivity index (χ0) is 26.1. The molecule has 10 nitrogen and oxygen atoms in total. The van der Waals surface area contributed by atoms with Crippen molar-refractivity contribution in [3.05, 3.63) is 53.4 Å². The second kappa shape index (κ2) is 9.77. The van der Waals surface area contributed by atoms with Gasteiger partial charge in [-0.05, 0) is 62.3 Å². The van der Waals surface area contributed by atoms with E-state index < -0.39 is 29.1 Å². The summed E-state index contributed by atoms with van der Waals surface area (Å²) < 4.78 is 5.26. The second-order valence-corrected chi connectivity index (χ2v) is 10.7. The van der Waals surface area contributed by atoms with E-state index in [9.17, 15) is 14.7 Å². The van der Waals surface area contributed by atoms with Crippen LogP contribution in [0.3, 0.4) is 0 Å². The van der Waals surface area contributed by atoms with Gasteiger partial charge in [0, 0.05) is 25.0 Å². The second-order valence-electron chi connectivity index (χ2n) is 10.7. The van der Waals surface area contributed by atoms with Crippen LogP contribution in [0.25, 0.3) is 5.70 Å². The van der Waals surface area contributed by atoms with Crippen LogP contribution < -0.4 is 16.1 Å². The molecule has 1 aromatic carbocycles. The minimum Gasteiger partial charge on any atom is -0.480 e. The van der Waals surface area contributed by atoms with Crippen LogP contribution in [0.1, 0.15) is 52.3 Å². The number of aliphatic carboxylic acids is 1. The highest BCUT2D eigenvalue weighted by Crippen LogP contribution is 2.46. The summed E-state index contributed by atoms with van der Waals surface area (Å²) in [7, 11) is 0. The fourth-order valence-corrected chi connectivity index (χ4v) is 4.68. The lowest BCUT2D eigenvalue weighted by atomic mass is 9.71. The first kappa shape index (κ1) is 25.4. The van der Waals surface area contributed by atoms with Crippen molar-refractivity contribution in [1.82, 2.24) is 25.7 Å². The molecule has 1 aromatic heterocycles. The number of ether oxygens (including phenoxy) is 1. The molecule has 36 heavy (non-hydrogen) atoms. The van der Waals surface area contributed by atoms with E-state index in [-0.39, 0.29) is 0 Å². The molecule has 1 unspecified atom stereocenters. The number of hydrazine groups is 1. The number of carboxylic acid groups (broad SMARTS) is 1. The molecule has 0 saturated carbocycles. The summed E-state index contributed by atoms with van der Waals surface area (Å²) in [5.74, 6) is -0.485. The fourth-order valence-electron chi connectivity index (χ4n) is 4.68. The van der Waals surface area contributed by atoms with Crippen LogP contribution in [0.4, 0.5) is 16.4 Å². The van der Waals surface area contributed by atoms with Crippen molar-refractivity contribution in [3.8, 4) is 0 Å². The van der Waals surface area contributed by atoms with E-state index in [0.717, 1.165) is 16.8 Å². The van der Waals surface area contributed by atoms with Crippen molar-refractivity contribution in [3.63, 3.8) is 0 Å². The van der Waals surface area contributed by atoms with Crippen molar-refractivity contribution in [2.75, 3.05) is 18.4 Å². The molecule has 192 valence electrons. The maximum atomic E-state index is 12.4. The largest absolute Gasteiger partial charge is 0.480 e. The van der Waals surface area contributed by atoms with Crippen molar-refractivity contribution >= 4 is 29.4 Å². The Morgan fingerprint density at radius 3 is 2.64 bits per heavy atom. The van der Waals surface area contributed by atoms with Crippen LogP contribution >= 0.6 is 0 Å². The molecular weight excluding hydrogens is 460 g/mol. The van der Waals surface area contributed by atoms with E-state index in [4.69, 9.17) is 9.72 Å². The van der Waals surface area contributed by atoms with E-state index in [1.807, 2.05) is 50.4 Å². The molecule has 1 atom stereocenters. The first-order valence-corrected chi connectivity index (χ1v) is 12.1. The predicted molar refractivity (Wildman–Crippen MR) is 136 cm³/mol. The number of carbonyl (C=O) groups excluding carboxylic acids is 1. The Morgan fingerprint density at radius 2 is 1.97 bits per heavy atom. The normalized spacial score (nSPS) is 18.6. The third-order valence-electron chi connectivity index (χ3n) is 6.08. The number of hydrogen-bond acceptors (Lipinski definition) is 8. The SMILES string of the molecule is CC(C)(C)OC(=O)NCCCN1NC2=C(C1C(=O)O)C(C)(C)Cc1cnc(Nc3ccccc3)nc12. The van der Waals surface area contributed by atoms with Crippen LogP contribution in [0.2, 0.25) is 0 Å². The van der Waals surface area contributed by atoms with Crippen molar-refractivity contribution in [2.45, 2.75) is 59.1 Å². The molecule has 2 aromatic rings. The number of nitrogens with zero attached hydrogens (tertiary/aromatic N) is 3. The van der Waals surface area contributed by atoms with Gasteiger partial charge in [-0.1, -0.05) is 32.0 Å². The van der Waals surface area contributed by atoms with Gasteiger partial charge in [0.05, 0.1) is 11.4 Å². The van der Waals surface area contributed by atoms with Gasteiger partial charge < -0.3 is 25.9 Å². The maximum Gasteiger partial charge on any atom is 0.407 e. The van der Waals surface area contributed by atoms with Gasteiger partial charge in [0.2, 0.25) is 5.95 Å². The Balaban J connectivity index is 1.53. The molecule has 0 fully saturated rings. The number of hydrogen-bond donors (Lipinski definition) is 4. The Hall–Kier alpha value is -3.66. The molecule has 4 rings (SSSR count). The predicted octanol–water partition coefficient (Wildman–Crippen LogP) is 3.70. The third kappa shape index (κ3) is 5.59. The topological polar surface area (TPSA) is 129 Å². The standard InChI is InChI=1S/C26H34N6O4/c1-25(2,3)36-24(35)27-12-9-13-32-21(22(33)34)18-20(31-32)19-16(14-26(18,4)5)15-28-23(30-19)29-17-10-7-6-8-11-17/h6-8,10-11,15,21,31H,9,12-14H2,1-5H3,(H,27,35)(H,33,34)(H,28,29,30). The van der Waals surface area contributed by atoms with E-state index >= 15 is 0 Å². The van der Waals surface area contributed by atoms with Crippen molar-refractivity contribution in [2.24, 2.45) is 5.41 Å². The van der Waals surface area contributed by atoms with Gasteiger partial charge in [-0.15, -0.1) is 0 Å². The lowest BCUT2D eigenvalue weighted by molar-refractivity contribution is -0.142. The highest BCUT2D eigenvalue weighted by Gasteiger charge is 2.48. The van der Waals surface area contributed by atoms with Gasteiger partial charge in [0.1, 0.15) is 5.60 Å². The van der Waals surface area contributed by atoms with E-state index in [0.29, 0.717) is 43.3 Å². The number of carboxylic acids is 1. The zero-order valence-electron chi connectivity index (χ0n) is 21.4. The number of nitrogens with one attached hydrogen (secondary N) is 3. The maximum absolute atomic E-state index is 12.4. The highest BCUT2D eigenvalue weighted by molar-refractivity contribution is 5.86. The molecule has 0 saturated heterocycles. The minimum absolute atomic E-state index is 0.359. The number of aromatic nitrogens is 2. The number of anilines is 2. The van der Waals surface area contributed by atoms with Gasteiger partial charge in [0.15, 0.2) is 6.04 Å². The molecule has 0 spiro atoms. The summed E-state index contributed by atoms with van der Waals surface area (Å²) in [6.07, 6.45) is 2.49. The van der Waals surface area contributed by atoms with Gasteiger partial charge in [-0.25, -0.2) is 19.8 Å². The number of benzene rings is 1. The summed E-state index contributed by atoms with van der Waals surface area (Å²) >= 11 is 0. The number of alkyl carbamates (subject to hydrolysis) is 1. The average molecular weight is 495 g/mol. The smallest absolute Gasteiger partial charge is 0.407 e. The van der Waals surface area contributed by atoms with Gasteiger partial charge in [0.25, 0.3) is 0 Å². The first-order chi connectivity index (χ1) is 16.9. The van der Waals surface area contributed by atoms with E-state index in [2.05, 4.69) is 21.0 Å². The number of rotatable bonds is 7. The number of carbonyl (C=O) groups is 2. The monoisotopic (exact) mass is 494 g/mol. The average Bonchev–Trinajstić information content (AvgIpc) is 3.18. The first-order valence-electron chi connectivity index (χ1n) is 12.1. The Kier molecular flexibility index (Phi) is 6.90. The van der Waals surface area contributed by atoms with Crippen LogP contribution in [-0.2, 0) is 16.0 Å². The van der Waals surface area contributed by atoms with Crippen molar-refractivity contribution in [1.29, 1.82) is 0 Å². The third-order valence-corrected chi connectivity index (χ3v) is 6.08. The van der Waals surface area contributed by atoms with Crippen LogP contribution in [0, 0.1) is 5.41 Å². The number of fused-ring (bicyclic) bond motifs is 2. The molecule has 1 aliphatic heterocycles. The minimum atomic E-state index is -0.930. The van der Waals surface area contributed by atoms with E-state index in [1.54, 1.807) is 25.8 Å². The lowest BCUT2D eigenvalue weighted by Crippen LogP contribution is -2.46. The molecule has 1 amide bonds. The van der Waals surface area contributed by atoms with Gasteiger partial charge >= 0.3 is 12.1 Å². The van der Waals surface area contributed by atoms with Crippen molar-refractivity contribution < 1.29 is 19.4 Å². The number of para-hydroxylation sites is 1. The molecule has 10 heteroatoms. The molecule has 1 aliphatic carbocycles. The molecule has 4 N–H and O–H groups in total. The zero-order valence-corrected chi connectivity index (χ0v) is 21.4. The van der Waals surface area contributed by atoms with Crippen LogP contribution in [-0.4, -0.2) is 56.9 Å². The highest BCUT2D eigenvalue weighted by atomic mass is 16.6.